The molecule has 0 spiro atoms. The number of nitrogens with zero attached hydrogens (tertiary/aromatic N) is 2. The fraction of sp³-hybridized carbons (Fsp3) is 0.545. The molecule has 0 unspecified atom stereocenters. The van der Waals surface area contributed by atoms with Gasteiger partial charge in [-0.25, -0.2) is 4.98 Å². The van der Waals surface area contributed by atoms with E-state index in [1.807, 2.05) is 26.1 Å². The smallest absolute Gasteiger partial charge is 0.129 e. The molecule has 0 aliphatic rings. The van der Waals surface area contributed by atoms with Crippen LogP contribution >= 0.6 is 0 Å². The van der Waals surface area contributed by atoms with E-state index in [1.165, 1.54) is 0 Å². The molecule has 1 heterocycles. The van der Waals surface area contributed by atoms with Crippen LogP contribution in [0.2, 0.25) is 0 Å². The van der Waals surface area contributed by atoms with Gasteiger partial charge in [0.05, 0.1) is 11.4 Å². The Morgan fingerprint density at radius 2 is 1.86 bits per heavy atom. The molecule has 0 saturated heterocycles. The molecule has 0 bridgehead atoms. The van der Waals surface area contributed by atoms with Gasteiger partial charge in [0, 0.05) is 12.6 Å². The highest BCUT2D eigenvalue weighted by atomic mass is 15.2. The van der Waals surface area contributed by atoms with Crippen molar-refractivity contribution in [3.05, 3.63) is 17.8 Å². The summed E-state index contributed by atoms with van der Waals surface area (Å²) in [6.07, 6.45) is 0. The molecule has 78 valence electrons. The molecule has 0 aliphatic heterocycles. The van der Waals surface area contributed by atoms with Gasteiger partial charge in [0.15, 0.2) is 0 Å². The lowest BCUT2D eigenvalue weighted by molar-refractivity contribution is 0.533. The Hall–Kier alpha value is -1.25. The van der Waals surface area contributed by atoms with Gasteiger partial charge in [0.25, 0.3) is 0 Å². The van der Waals surface area contributed by atoms with Gasteiger partial charge in [0.2, 0.25) is 0 Å². The lowest BCUT2D eigenvalue weighted by Gasteiger charge is -2.33. The molecule has 14 heavy (non-hydrogen) atoms. The summed E-state index contributed by atoms with van der Waals surface area (Å²) in [7, 11) is 2.04. The third kappa shape index (κ3) is 2.16. The summed E-state index contributed by atoms with van der Waals surface area (Å²) < 4.78 is 0. The summed E-state index contributed by atoms with van der Waals surface area (Å²) in [5.41, 5.74) is 7.43. The van der Waals surface area contributed by atoms with Gasteiger partial charge >= 0.3 is 0 Å². The van der Waals surface area contributed by atoms with Crippen LogP contribution in [0, 0.1) is 6.92 Å². The summed E-state index contributed by atoms with van der Waals surface area (Å²) in [6.45, 7) is 8.39. The highest BCUT2D eigenvalue weighted by Crippen LogP contribution is 2.21. The minimum absolute atomic E-state index is 0.0789. The molecule has 2 N–H and O–H groups in total. The number of nitrogens with two attached hydrogens (primary N) is 1. The first-order valence-corrected chi connectivity index (χ1v) is 4.79. The van der Waals surface area contributed by atoms with Crippen LogP contribution in [-0.4, -0.2) is 17.6 Å². The molecular weight excluding hydrogens is 174 g/mol. The number of anilines is 2. The summed E-state index contributed by atoms with van der Waals surface area (Å²) in [5.74, 6) is 0.962. The molecule has 0 aromatic carbocycles. The van der Waals surface area contributed by atoms with Crippen molar-refractivity contribution in [1.29, 1.82) is 0 Å². The van der Waals surface area contributed by atoms with Crippen molar-refractivity contribution >= 4 is 11.5 Å². The fourth-order valence-electron chi connectivity index (χ4n) is 1.09. The van der Waals surface area contributed by atoms with E-state index in [-0.39, 0.29) is 5.54 Å². The average Bonchev–Trinajstić information content (AvgIpc) is 2.07. The standard InChI is InChI=1S/C11H19N3/c1-8-9(12)6-7-10(13-8)14(5)11(2,3)4/h6-7H,12H2,1-5H3. The highest BCUT2D eigenvalue weighted by molar-refractivity contribution is 5.50. The predicted molar refractivity (Wildman–Crippen MR) is 61.5 cm³/mol. The fourth-order valence-corrected chi connectivity index (χ4v) is 1.09. The number of aryl methyl sites for hydroxylation is 1. The van der Waals surface area contributed by atoms with E-state index in [0.29, 0.717) is 0 Å². The first kappa shape index (κ1) is 10.8. The lowest BCUT2D eigenvalue weighted by Crippen LogP contribution is -2.38. The molecule has 1 aromatic heterocycles. The molecular formula is C11H19N3. The Bertz CT molecular complexity index is 326. The van der Waals surface area contributed by atoms with Crippen LogP contribution in [-0.2, 0) is 0 Å². The number of aromatic nitrogens is 1. The van der Waals surface area contributed by atoms with Crippen molar-refractivity contribution in [2.45, 2.75) is 33.2 Å². The molecule has 0 radical (unpaired) electrons. The molecule has 1 rings (SSSR count). The topological polar surface area (TPSA) is 42.2 Å². The summed E-state index contributed by atoms with van der Waals surface area (Å²) in [4.78, 5) is 6.58. The van der Waals surface area contributed by atoms with Gasteiger partial charge in [-0.2, -0.15) is 0 Å². The minimum atomic E-state index is 0.0789. The van der Waals surface area contributed by atoms with Gasteiger partial charge < -0.3 is 10.6 Å². The molecule has 0 fully saturated rings. The normalized spacial score (nSPS) is 11.5. The lowest BCUT2D eigenvalue weighted by atomic mass is 10.1. The Balaban J connectivity index is 3.03. The van der Waals surface area contributed by atoms with Crippen LogP contribution in [0.3, 0.4) is 0 Å². The van der Waals surface area contributed by atoms with Crippen molar-refractivity contribution < 1.29 is 0 Å². The minimum Gasteiger partial charge on any atom is -0.397 e. The second-order valence-corrected chi connectivity index (χ2v) is 4.57. The molecule has 0 saturated carbocycles. The summed E-state index contributed by atoms with van der Waals surface area (Å²) in [6, 6.07) is 3.85. The van der Waals surface area contributed by atoms with Crippen LogP contribution in [0.4, 0.5) is 11.5 Å². The predicted octanol–water partition coefficient (Wildman–Crippen LogP) is 2.21. The molecule has 0 aliphatic carbocycles. The van der Waals surface area contributed by atoms with Crippen LogP contribution in [0.15, 0.2) is 12.1 Å². The van der Waals surface area contributed by atoms with E-state index in [4.69, 9.17) is 5.73 Å². The van der Waals surface area contributed by atoms with E-state index in [9.17, 15) is 0 Å². The van der Waals surface area contributed by atoms with E-state index >= 15 is 0 Å². The number of hydrogen-bond donors (Lipinski definition) is 1. The second kappa shape index (κ2) is 3.48. The zero-order chi connectivity index (χ0) is 10.9. The number of hydrogen-bond acceptors (Lipinski definition) is 3. The maximum atomic E-state index is 5.72. The summed E-state index contributed by atoms with van der Waals surface area (Å²) >= 11 is 0. The van der Waals surface area contributed by atoms with Gasteiger partial charge in [-0.15, -0.1) is 0 Å². The van der Waals surface area contributed by atoms with Crippen LogP contribution in [0.5, 0.6) is 0 Å². The van der Waals surface area contributed by atoms with E-state index in [2.05, 4.69) is 30.7 Å². The Kier molecular flexibility index (Phi) is 2.69. The first-order chi connectivity index (χ1) is 6.32. The quantitative estimate of drug-likeness (QED) is 0.743. The SMILES string of the molecule is Cc1nc(N(C)C(C)(C)C)ccc1N. The van der Waals surface area contributed by atoms with Crippen molar-refractivity contribution in [1.82, 2.24) is 4.98 Å². The molecule has 0 atom stereocenters. The average molecular weight is 193 g/mol. The second-order valence-electron chi connectivity index (χ2n) is 4.57. The largest absolute Gasteiger partial charge is 0.397 e. The van der Waals surface area contributed by atoms with Gasteiger partial charge in [0.1, 0.15) is 5.82 Å². The van der Waals surface area contributed by atoms with Crippen LogP contribution in [0.25, 0.3) is 0 Å². The van der Waals surface area contributed by atoms with Gasteiger partial charge in [-0.1, -0.05) is 0 Å². The number of rotatable bonds is 1. The third-order valence-electron chi connectivity index (χ3n) is 2.46. The van der Waals surface area contributed by atoms with Crippen molar-refractivity contribution in [3.8, 4) is 0 Å². The zero-order valence-electron chi connectivity index (χ0n) is 9.63. The Morgan fingerprint density at radius 3 is 2.29 bits per heavy atom. The van der Waals surface area contributed by atoms with Gasteiger partial charge in [-0.05, 0) is 39.8 Å². The van der Waals surface area contributed by atoms with E-state index in [1.54, 1.807) is 0 Å². The highest BCUT2D eigenvalue weighted by Gasteiger charge is 2.18. The van der Waals surface area contributed by atoms with Crippen LogP contribution < -0.4 is 10.6 Å². The van der Waals surface area contributed by atoms with Gasteiger partial charge in [-0.3, -0.25) is 0 Å². The maximum Gasteiger partial charge on any atom is 0.129 e. The molecule has 3 heteroatoms. The third-order valence-corrected chi connectivity index (χ3v) is 2.46. The van der Waals surface area contributed by atoms with Crippen molar-refractivity contribution in [2.24, 2.45) is 0 Å². The van der Waals surface area contributed by atoms with E-state index < -0.39 is 0 Å². The number of nitrogen functional groups attached to an aromatic ring is 1. The first-order valence-electron chi connectivity index (χ1n) is 4.79. The summed E-state index contributed by atoms with van der Waals surface area (Å²) in [5, 5.41) is 0. The van der Waals surface area contributed by atoms with Crippen LogP contribution in [0.1, 0.15) is 26.5 Å². The molecule has 1 aromatic rings. The van der Waals surface area contributed by atoms with Crippen molar-refractivity contribution in [2.75, 3.05) is 17.7 Å². The monoisotopic (exact) mass is 193 g/mol. The Labute approximate surface area is 85.9 Å². The molecule has 3 nitrogen and oxygen atoms in total. The zero-order valence-corrected chi connectivity index (χ0v) is 9.63. The van der Waals surface area contributed by atoms with Crippen molar-refractivity contribution in [3.63, 3.8) is 0 Å². The maximum absolute atomic E-state index is 5.72. The Morgan fingerprint density at radius 1 is 1.29 bits per heavy atom. The number of pyridine rings is 1. The van der Waals surface area contributed by atoms with E-state index in [0.717, 1.165) is 17.2 Å². The molecule has 0 amide bonds.